The molecule has 1 amide bonds. The van der Waals surface area contributed by atoms with E-state index in [4.69, 9.17) is 5.73 Å². The first-order chi connectivity index (χ1) is 7.71. The highest BCUT2D eigenvalue weighted by Crippen LogP contribution is 2.26. The zero-order valence-corrected chi connectivity index (χ0v) is 10.3. The molecule has 17 heavy (non-hydrogen) atoms. The number of hydrogen-bond donors (Lipinski definition) is 3. The molecule has 94 valence electrons. The molecule has 0 aliphatic rings. The Hall–Kier alpha value is -1.60. The number of phenolic OH excluding ortho intramolecular Hbond substituents is 1. The van der Waals surface area contributed by atoms with Gasteiger partial charge in [-0.05, 0) is 25.1 Å². The number of phenols is 1. The number of amides is 1. The third-order valence-corrected chi connectivity index (χ3v) is 3.18. The molecule has 0 saturated carbocycles. The molecular formula is C10H14N2O4S. The Kier molecular flexibility index (Phi) is 3.74. The number of aromatic hydroxyl groups is 1. The molecule has 0 saturated heterocycles. The standard InChI is InChI=1S/C10H14N2O4S/c1-6(11)10(14)12-8-5-7(17(2,15)16)3-4-9(8)13/h3-6,13H,11H2,1-2H3,(H,12,14). The van der Waals surface area contributed by atoms with Gasteiger partial charge in [-0.1, -0.05) is 0 Å². The van der Waals surface area contributed by atoms with E-state index >= 15 is 0 Å². The van der Waals surface area contributed by atoms with Crippen LogP contribution in [-0.4, -0.2) is 31.7 Å². The second-order valence-electron chi connectivity index (χ2n) is 3.73. The molecule has 1 aromatic carbocycles. The average Bonchev–Trinajstić information content (AvgIpc) is 2.19. The van der Waals surface area contributed by atoms with Gasteiger partial charge in [0.15, 0.2) is 9.84 Å². The maximum Gasteiger partial charge on any atom is 0.241 e. The molecule has 0 spiro atoms. The van der Waals surface area contributed by atoms with E-state index in [1.807, 2.05) is 0 Å². The van der Waals surface area contributed by atoms with Crippen LogP contribution in [0.15, 0.2) is 23.1 Å². The smallest absolute Gasteiger partial charge is 0.241 e. The fourth-order valence-electron chi connectivity index (χ4n) is 1.09. The first-order valence-corrected chi connectivity index (χ1v) is 6.70. The Labute approximate surface area is 99.4 Å². The summed E-state index contributed by atoms with van der Waals surface area (Å²) in [6.45, 7) is 1.48. The summed E-state index contributed by atoms with van der Waals surface area (Å²) in [6, 6.07) is 2.89. The number of carbonyl (C=O) groups is 1. The summed E-state index contributed by atoms with van der Waals surface area (Å²) in [7, 11) is -3.39. The summed E-state index contributed by atoms with van der Waals surface area (Å²) in [5, 5.41) is 11.8. The minimum atomic E-state index is -3.39. The van der Waals surface area contributed by atoms with Crippen molar-refractivity contribution in [1.82, 2.24) is 0 Å². The van der Waals surface area contributed by atoms with Gasteiger partial charge in [-0.25, -0.2) is 8.42 Å². The average molecular weight is 258 g/mol. The molecule has 0 aromatic heterocycles. The summed E-state index contributed by atoms with van der Waals surface area (Å²) in [5.41, 5.74) is 5.37. The third-order valence-electron chi connectivity index (χ3n) is 2.07. The van der Waals surface area contributed by atoms with Crippen LogP contribution in [0, 0.1) is 0 Å². The molecule has 0 radical (unpaired) electrons. The highest BCUT2D eigenvalue weighted by Gasteiger charge is 2.14. The van der Waals surface area contributed by atoms with Crippen molar-refractivity contribution in [2.24, 2.45) is 5.73 Å². The number of nitrogens with two attached hydrogens (primary N) is 1. The highest BCUT2D eigenvalue weighted by atomic mass is 32.2. The van der Waals surface area contributed by atoms with E-state index in [1.165, 1.54) is 25.1 Å². The fourth-order valence-corrected chi connectivity index (χ4v) is 1.74. The Morgan fingerprint density at radius 2 is 2.06 bits per heavy atom. The van der Waals surface area contributed by atoms with Crippen LogP contribution in [-0.2, 0) is 14.6 Å². The summed E-state index contributed by atoms with van der Waals surface area (Å²) in [6.07, 6.45) is 1.04. The molecule has 7 heteroatoms. The van der Waals surface area contributed by atoms with E-state index < -0.39 is 21.8 Å². The maximum atomic E-state index is 11.3. The molecular weight excluding hydrogens is 244 g/mol. The van der Waals surface area contributed by atoms with Gasteiger partial charge in [0.2, 0.25) is 5.91 Å². The van der Waals surface area contributed by atoms with Gasteiger partial charge in [-0.15, -0.1) is 0 Å². The predicted octanol–water partition coefficient (Wildman–Crippen LogP) is 0.0814. The Balaban J connectivity index is 3.12. The molecule has 1 aromatic rings. The lowest BCUT2D eigenvalue weighted by atomic mass is 10.2. The van der Waals surface area contributed by atoms with E-state index in [2.05, 4.69) is 5.32 Å². The van der Waals surface area contributed by atoms with Crippen molar-refractivity contribution in [3.63, 3.8) is 0 Å². The lowest BCUT2D eigenvalue weighted by molar-refractivity contribution is -0.117. The van der Waals surface area contributed by atoms with Gasteiger partial charge in [0, 0.05) is 6.26 Å². The van der Waals surface area contributed by atoms with Crippen LogP contribution in [0.2, 0.25) is 0 Å². The quantitative estimate of drug-likeness (QED) is 0.665. The van der Waals surface area contributed by atoms with Crippen molar-refractivity contribution < 1.29 is 18.3 Å². The SMILES string of the molecule is CC(N)C(=O)Nc1cc(S(C)(=O)=O)ccc1O. The van der Waals surface area contributed by atoms with Crippen LogP contribution in [0.5, 0.6) is 5.75 Å². The first kappa shape index (κ1) is 13.5. The predicted molar refractivity (Wildman–Crippen MR) is 63.5 cm³/mol. The Bertz CT molecular complexity index is 537. The van der Waals surface area contributed by atoms with E-state index in [0.717, 1.165) is 6.26 Å². The van der Waals surface area contributed by atoms with Crippen LogP contribution in [0.4, 0.5) is 5.69 Å². The van der Waals surface area contributed by atoms with Gasteiger partial charge in [0.25, 0.3) is 0 Å². The van der Waals surface area contributed by atoms with Crippen molar-refractivity contribution in [3.8, 4) is 5.75 Å². The summed E-state index contributed by atoms with van der Waals surface area (Å²) < 4.78 is 22.6. The number of benzene rings is 1. The normalized spacial score (nSPS) is 13.1. The van der Waals surface area contributed by atoms with Crippen LogP contribution in [0.25, 0.3) is 0 Å². The van der Waals surface area contributed by atoms with E-state index in [1.54, 1.807) is 0 Å². The van der Waals surface area contributed by atoms with Crippen molar-refractivity contribution >= 4 is 21.4 Å². The number of hydrogen-bond acceptors (Lipinski definition) is 5. The van der Waals surface area contributed by atoms with Gasteiger partial charge in [0.05, 0.1) is 16.6 Å². The molecule has 1 rings (SSSR count). The second-order valence-corrected chi connectivity index (χ2v) is 5.74. The second kappa shape index (κ2) is 4.72. The van der Waals surface area contributed by atoms with Gasteiger partial charge in [-0.3, -0.25) is 4.79 Å². The lowest BCUT2D eigenvalue weighted by Crippen LogP contribution is -2.32. The largest absolute Gasteiger partial charge is 0.506 e. The zero-order chi connectivity index (χ0) is 13.2. The first-order valence-electron chi connectivity index (χ1n) is 4.81. The van der Waals surface area contributed by atoms with E-state index in [0.29, 0.717) is 0 Å². The summed E-state index contributed by atoms with van der Waals surface area (Å²) in [4.78, 5) is 11.3. The number of sulfone groups is 1. The third kappa shape index (κ3) is 3.43. The summed E-state index contributed by atoms with van der Waals surface area (Å²) in [5.74, 6) is -0.725. The molecule has 1 atom stereocenters. The van der Waals surface area contributed by atoms with E-state index in [9.17, 15) is 18.3 Å². The summed E-state index contributed by atoms with van der Waals surface area (Å²) >= 11 is 0. The Morgan fingerprint density at radius 3 is 2.53 bits per heavy atom. The molecule has 0 fully saturated rings. The molecule has 1 unspecified atom stereocenters. The monoisotopic (exact) mass is 258 g/mol. The van der Waals surface area contributed by atoms with Crippen molar-refractivity contribution in [2.75, 3.05) is 11.6 Å². The minimum Gasteiger partial charge on any atom is -0.506 e. The molecule has 0 aliphatic carbocycles. The fraction of sp³-hybridized carbons (Fsp3) is 0.300. The van der Waals surface area contributed by atoms with Crippen LogP contribution < -0.4 is 11.1 Å². The van der Waals surface area contributed by atoms with Gasteiger partial charge >= 0.3 is 0 Å². The molecule has 6 nitrogen and oxygen atoms in total. The highest BCUT2D eigenvalue weighted by molar-refractivity contribution is 7.90. The zero-order valence-electron chi connectivity index (χ0n) is 9.47. The van der Waals surface area contributed by atoms with Gasteiger partial charge < -0.3 is 16.2 Å². The molecule has 0 aliphatic heterocycles. The van der Waals surface area contributed by atoms with Crippen molar-refractivity contribution in [2.45, 2.75) is 17.9 Å². The number of carbonyl (C=O) groups excluding carboxylic acids is 1. The van der Waals surface area contributed by atoms with Gasteiger partial charge in [-0.2, -0.15) is 0 Å². The minimum absolute atomic E-state index is 0.00951. The number of rotatable bonds is 3. The Morgan fingerprint density at radius 1 is 1.47 bits per heavy atom. The molecule has 0 heterocycles. The molecule has 0 bridgehead atoms. The van der Waals surface area contributed by atoms with Gasteiger partial charge in [0.1, 0.15) is 5.75 Å². The van der Waals surface area contributed by atoms with Crippen LogP contribution >= 0.6 is 0 Å². The van der Waals surface area contributed by atoms with E-state index in [-0.39, 0.29) is 16.3 Å². The number of nitrogens with one attached hydrogen (secondary N) is 1. The maximum absolute atomic E-state index is 11.3. The molecule has 4 N–H and O–H groups in total. The lowest BCUT2D eigenvalue weighted by Gasteiger charge is -2.10. The van der Waals surface area contributed by atoms with Crippen molar-refractivity contribution in [3.05, 3.63) is 18.2 Å². The van der Waals surface area contributed by atoms with Crippen molar-refractivity contribution in [1.29, 1.82) is 0 Å². The van der Waals surface area contributed by atoms with Crippen LogP contribution in [0.1, 0.15) is 6.92 Å². The number of anilines is 1. The van der Waals surface area contributed by atoms with Crippen LogP contribution in [0.3, 0.4) is 0 Å². The topological polar surface area (TPSA) is 109 Å².